The van der Waals surface area contributed by atoms with E-state index < -0.39 is 27.3 Å². The summed E-state index contributed by atoms with van der Waals surface area (Å²) in [4.78, 5) is 0. The molecule has 1 aliphatic rings. The SMILES string of the molecule is C=CC(CCC1CC=CC(O)O1)NC(O)CCC(C)CNS(=O)(=O)C(C)(C)C. The molecule has 7 nitrogen and oxygen atoms in total. The molecule has 0 radical (unpaired) electrons. The van der Waals surface area contributed by atoms with Gasteiger partial charge in [-0.25, -0.2) is 13.1 Å². The number of hydrogen-bond acceptors (Lipinski definition) is 6. The van der Waals surface area contributed by atoms with E-state index in [0.717, 1.165) is 19.3 Å². The van der Waals surface area contributed by atoms with Gasteiger partial charge in [0.1, 0.15) is 6.23 Å². The standard InChI is InChI=1S/C20H38N2O5S/c1-6-16(11-12-17-8-7-9-19(24)27-17)22-18(23)13-10-15(2)14-21-28(25,26)20(3,4)5/h6-7,9,15-19,21-24H,1,8,10-14H2,2-5H3. The van der Waals surface area contributed by atoms with Gasteiger partial charge in [0, 0.05) is 12.6 Å². The molecule has 5 unspecified atom stereocenters. The minimum absolute atomic E-state index is 0.0303. The van der Waals surface area contributed by atoms with E-state index >= 15 is 0 Å². The molecular weight excluding hydrogens is 380 g/mol. The Morgan fingerprint density at radius 3 is 2.57 bits per heavy atom. The normalized spacial score (nSPS) is 23.9. The number of sulfonamides is 1. The lowest BCUT2D eigenvalue weighted by molar-refractivity contribution is -0.114. The van der Waals surface area contributed by atoms with Gasteiger partial charge in [-0.1, -0.05) is 19.1 Å². The monoisotopic (exact) mass is 418 g/mol. The van der Waals surface area contributed by atoms with Gasteiger partial charge in [0.15, 0.2) is 6.29 Å². The van der Waals surface area contributed by atoms with Crippen LogP contribution in [0.15, 0.2) is 24.8 Å². The van der Waals surface area contributed by atoms with Gasteiger partial charge >= 0.3 is 0 Å². The van der Waals surface area contributed by atoms with Gasteiger partial charge in [0.2, 0.25) is 10.0 Å². The molecule has 1 heterocycles. The summed E-state index contributed by atoms with van der Waals surface area (Å²) in [5, 5.41) is 22.9. The molecule has 1 rings (SSSR count). The number of aliphatic hydroxyl groups is 2. The maximum Gasteiger partial charge on any atom is 0.216 e. The highest BCUT2D eigenvalue weighted by Gasteiger charge is 2.28. The van der Waals surface area contributed by atoms with Crippen molar-refractivity contribution in [3.05, 3.63) is 24.8 Å². The Labute approximate surface area is 170 Å². The molecule has 0 aliphatic carbocycles. The molecule has 4 N–H and O–H groups in total. The summed E-state index contributed by atoms with van der Waals surface area (Å²) in [6.07, 6.45) is 7.22. The molecule has 1 aliphatic heterocycles. The quantitative estimate of drug-likeness (QED) is 0.285. The average Bonchev–Trinajstić information content (AvgIpc) is 2.60. The summed E-state index contributed by atoms with van der Waals surface area (Å²) in [6, 6.07) is -0.0589. The van der Waals surface area contributed by atoms with Crippen LogP contribution in [0.4, 0.5) is 0 Å². The van der Waals surface area contributed by atoms with Gasteiger partial charge < -0.3 is 14.9 Å². The Balaban J connectivity index is 2.30. The molecule has 0 aromatic heterocycles. The van der Waals surface area contributed by atoms with Crippen molar-refractivity contribution in [2.75, 3.05) is 6.54 Å². The van der Waals surface area contributed by atoms with Gasteiger partial charge in [-0.3, -0.25) is 5.32 Å². The van der Waals surface area contributed by atoms with Gasteiger partial charge in [0.25, 0.3) is 0 Å². The summed E-state index contributed by atoms with van der Waals surface area (Å²) >= 11 is 0. The Morgan fingerprint density at radius 2 is 2.00 bits per heavy atom. The van der Waals surface area contributed by atoms with Crippen molar-refractivity contribution in [2.24, 2.45) is 5.92 Å². The second-order valence-electron chi connectivity index (χ2n) is 8.56. The van der Waals surface area contributed by atoms with E-state index in [0.29, 0.717) is 19.4 Å². The lowest BCUT2D eigenvalue weighted by Gasteiger charge is -2.26. The Kier molecular flexibility index (Phi) is 10.3. The Morgan fingerprint density at radius 1 is 1.32 bits per heavy atom. The molecule has 5 atom stereocenters. The van der Waals surface area contributed by atoms with Crippen LogP contribution in [0, 0.1) is 5.92 Å². The van der Waals surface area contributed by atoms with E-state index in [4.69, 9.17) is 4.74 Å². The third kappa shape index (κ3) is 9.15. The third-order valence-electron chi connectivity index (χ3n) is 4.88. The fraction of sp³-hybridized carbons (Fsp3) is 0.800. The molecule has 0 aromatic rings. The summed E-state index contributed by atoms with van der Waals surface area (Å²) < 4.78 is 31.4. The summed E-state index contributed by atoms with van der Waals surface area (Å²) in [7, 11) is -3.35. The number of ether oxygens (including phenoxy) is 1. The van der Waals surface area contributed by atoms with E-state index in [2.05, 4.69) is 16.6 Å². The van der Waals surface area contributed by atoms with Gasteiger partial charge in [-0.15, -0.1) is 6.58 Å². The lowest BCUT2D eigenvalue weighted by atomic mass is 10.0. The zero-order valence-electron chi connectivity index (χ0n) is 17.6. The molecule has 8 heteroatoms. The maximum atomic E-state index is 12.1. The molecule has 0 amide bonds. The largest absolute Gasteiger partial charge is 0.379 e. The molecule has 0 spiro atoms. The molecule has 0 saturated heterocycles. The topological polar surface area (TPSA) is 108 Å². The number of nitrogens with one attached hydrogen (secondary N) is 2. The van der Waals surface area contributed by atoms with E-state index in [1.807, 2.05) is 13.0 Å². The molecule has 0 bridgehead atoms. The van der Waals surface area contributed by atoms with E-state index in [-0.39, 0.29) is 18.1 Å². The van der Waals surface area contributed by atoms with Gasteiger partial charge in [-0.05, 0) is 64.9 Å². The van der Waals surface area contributed by atoms with Gasteiger partial charge in [-0.2, -0.15) is 0 Å². The van der Waals surface area contributed by atoms with Crippen molar-refractivity contribution < 1.29 is 23.4 Å². The van der Waals surface area contributed by atoms with Crippen molar-refractivity contribution in [1.29, 1.82) is 0 Å². The first-order valence-electron chi connectivity index (χ1n) is 10.0. The molecule has 28 heavy (non-hydrogen) atoms. The van der Waals surface area contributed by atoms with Crippen LogP contribution in [0.1, 0.15) is 59.8 Å². The zero-order chi connectivity index (χ0) is 21.4. The second-order valence-corrected chi connectivity index (χ2v) is 11.1. The van der Waals surface area contributed by atoms with Crippen LogP contribution in [-0.4, -0.2) is 54.6 Å². The van der Waals surface area contributed by atoms with E-state index in [1.165, 1.54) is 0 Å². The molecule has 164 valence electrons. The van der Waals surface area contributed by atoms with Gasteiger partial charge in [0.05, 0.1) is 10.9 Å². The second kappa shape index (κ2) is 11.4. The van der Waals surface area contributed by atoms with Crippen molar-refractivity contribution in [2.45, 2.75) is 89.2 Å². The summed E-state index contributed by atoms with van der Waals surface area (Å²) in [5.41, 5.74) is 0. The van der Waals surface area contributed by atoms with Crippen LogP contribution < -0.4 is 10.0 Å². The Bertz CT molecular complexity index is 600. The van der Waals surface area contributed by atoms with Crippen LogP contribution in [0.2, 0.25) is 0 Å². The van der Waals surface area contributed by atoms with E-state index in [9.17, 15) is 18.6 Å². The summed E-state index contributed by atoms with van der Waals surface area (Å²) in [6.45, 7) is 11.1. The zero-order valence-corrected chi connectivity index (χ0v) is 18.4. The highest BCUT2D eigenvalue weighted by atomic mass is 32.2. The van der Waals surface area contributed by atoms with Crippen LogP contribution in [-0.2, 0) is 14.8 Å². The first-order valence-corrected chi connectivity index (χ1v) is 11.5. The lowest BCUT2D eigenvalue weighted by Crippen LogP contribution is -2.41. The van der Waals surface area contributed by atoms with Crippen LogP contribution >= 0.6 is 0 Å². The highest BCUT2D eigenvalue weighted by Crippen LogP contribution is 2.18. The van der Waals surface area contributed by atoms with Crippen molar-refractivity contribution >= 4 is 10.0 Å². The first kappa shape index (κ1) is 25.3. The van der Waals surface area contributed by atoms with Crippen LogP contribution in [0.5, 0.6) is 0 Å². The predicted molar refractivity (Wildman–Crippen MR) is 112 cm³/mol. The fourth-order valence-electron chi connectivity index (χ4n) is 2.81. The third-order valence-corrected chi connectivity index (χ3v) is 7.04. The average molecular weight is 419 g/mol. The van der Waals surface area contributed by atoms with Crippen molar-refractivity contribution in [3.8, 4) is 0 Å². The van der Waals surface area contributed by atoms with E-state index in [1.54, 1.807) is 32.9 Å². The van der Waals surface area contributed by atoms with Crippen molar-refractivity contribution in [3.63, 3.8) is 0 Å². The molecular formula is C20H38N2O5S. The molecule has 0 saturated carbocycles. The highest BCUT2D eigenvalue weighted by molar-refractivity contribution is 7.90. The number of rotatable bonds is 12. The molecule has 0 aromatic carbocycles. The van der Waals surface area contributed by atoms with Crippen LogP contribution in [0.3, 0.4) is 0 Å². The minimum Gasteiger partial charge on any atom is -0.379 e. The fourth-order valence-corrected chi connectivity index (χ4v) is 3.75. The first-order chi connectivity index (χ1) is 12.9. The smallest absolute Gasteiger partial charge is 0.216 e. The summed E-state index contributed by atoms with van der Waals surface area (Å²) in [5.74, 6) is 0.111. The number of aliphatic hydroxyl groups excluding tert-OH is 2. The molecule has 0 fully saturated rings. The van der Waals surface area contributed by atoms with Crippen LogP contribution in [0.25, 0.3) is 0 Å². The maximum absolute atomic E-state index is 12.1. The van der Waals surface area contributed by atoms with Crippen molar-refractivity contribution in [1.82, 2.24) is 10.0 Å². The Hall–Kier alpha value is -0.770. The predicted octanol–water partition coefficient (Wildman–Crippen LogP) is 2.03. The minimum atomic E-state index is -3.35. The number of hydrogen-bond donors (Lipinski definition) is 4.